The second-order valence-electron chi connectivity index (χ2n) is 7.52. The Morgan fingerprint density at radius 1 is 1.15 bits per heavy atom. The molecule has 33 heavy (non-hydrogen) atoms. The Balaban J connectivity index is 1.56. The van der Waals surface area contributed by atoms with E-state index in [1.54, 1.807) is 19.5 Å². The zero-order chi connectivity index (χ0) is 23.2. The zero-order valence-corrected chi connectivity index (χ0v) is 20.8. The van der Waals surface area contributed by atoms with Crippen LogP contribution in [0.4, 0.5) is 5.82 Å². The van der Waals surface area contributed by atoms with Crippen molar-refractivity contribution in [3.8, 4) is 22.9 Å². The molecule has 4 heterocycles. The van der Waals surface area contributed by atoms with Crippen LogP contribution in [0.1, 0.15) is 29.3 Å². The number of allylic oxidation sites excluding steroid dienone is 4. The van der Waals surface area contributed by atoms with E-state index in [1.165, 1.54) is 5.57 Å². The van der Waals surface area contributed by atoms with Crippen molar-refractivity contribution in [2.24, 2.45) is 0 Å². The minimum absolute atomic E-state index is 0.0847. The van der Waals surface area contributed by atoms with Gasteiger partial charge in [-0.1, -0.05) is 0 Å². The van der Waals surface area contributed by atoms with Gasteiger partial charge in [0.05, 0.1) is 13.3 Å². The van der Waals surface area contributed by atoms with E-state index in [0.717, 1.165) is 39.3 Å². The minimum Gasteiger partial charge on any atom is -0.00894 e. The van der Waals surface area contributed by atoms with Gasteiger partial charge < -0.3 is 4.74 Å². The van der Waals surface area contributed by atoms with Gasteiger partial charge >= 0.3 is 152 Å². The Morgan fingerprint density at radius 2 is 2.03 bits per heavy atom. The molecule has 0 aromatic carbocycles. The van der Waals surface area contributed by atoms with Crippen molar-refractivity contribution in [1.29, 1.82) is 5.26 Å². The summed E-state index contributed by atoms with van der Waals surface area (Å²) in [5.74, 6) is 1.48. The van der Waals surface area contributed by atoms with Gasteiger partial charge in [0.15, 0.2) is 0 Å². The van der Waals surface area contributed by atoms with Crippen molar-refractivity contribution in [2.45, 2.75) is 20.4 Å². The van der Waals surface area contributed by atoms with E-state index in [1.807, 2.05) is 37.5 Å². The number of pyridine rings is 3. The number of aromatic nitrogens is 3. The number of nitriles is 1. The van der Waals surface area contributed by atoms with E-state index in [2.05, 4.69) is 53.6 Å². The van der Waals surface area contributed by atoms with Crippen LogP contribution in [-0.4, -0.2) is 22.1 Å². The topological polar surface area (TPSA) is 83.7 Å². The molecular weight excluding hydrogens is 525 g/mol. The molecule has 6 nitrogen and oxygen atoms in total. The predicted octanol–water partition coefficient (Wildman–Crippen LogP) is 2.24. The van der Waals surface area contributed by atoms with E-state index in [9.17, 15) is 5.26 Å². The number of rotatable bonds is 6. The molecule has 0 unspecified atom stereocenters. The number of halogens is 1. The summed E-state index contributed by atoms with van der Waals surface area (Å²) in [6.07, 6.45) is 11.3. The molecule has 1 N–H and O–H groups in total. The maximum atomic E-state index is 9.75. The molecule has 166 valence electrons. The van der Waals surface area contributed by atoms with Gasteiger partial charge in [0.1, 0.15) is 5.75 Å². The molecular formula is C26H23IN5O-. The molecule has 0 spiro atoms. The van der Waals surface area contributed by atoms with Crippen molar-refractivity contribution in [3.63, 3.8) is 0 Å². The number of anilines is 1. The number of ether oxygens (including phenoxy) is 1. The fraction of sp³-hybridized carbons (Fsp3) is 0.154. The van der Waals surface area contributed by atoms with Gasteiger partial charge in [-0.05, 0) is 12.1 Å². The molecule has 3 aromatic rings. The fourth-order valence-corrected chi connectivity index (χ4v) is 5.07. The summed E-state index contributed by atoms with van der Waals surface area (Å²) >= 11 is -0.0847. The zero-order valence-electron chi connectivity index (χ0n) is 18.6. The molecule has 0 saturated carbocycles. The Labute approximate surface area is 204 Å². The molecule has 0 atom stereocenters. The van der Waals surface area contributed by atoms with Crippen LogP contribution < -0.4 is 31.3 Å². The molecule has 1 aliphatic heterocycles. The number of nitrogens with one attached hydrogen (secondary N) is 1. The van der Waals surface area contributed by atoms with Crippen LogP contribution in [0, 0.1) is 18.3 Å². The predicted molar refractivity (Wildman–Crippen MR) is 126 cm³/mol. The average Bonchev–Trinajstić information content (AvgIpc) is 3.07. The van der Waals surface area contributed by atoms with Gasteiger partial charge in [-0.25, -0.2) is 0 Å². The summed E-state index contributed by atoms with van der Waals surface area (Å²) in [6.45, 7) is 4.62. The number of nitrogens with zero attached hydrogens (tertiary/aromatic N) is 4. The van der Waals surface area contributed by atoms with E-state index in [0.29, 0.717) is 17.9 Å². The quantitative estimate of drug-likeness (QED) is 0.476. The Hall–Kier alpha value is -3.51. The summed E-state index contributed by atoms with van der Waals surface area (Å²) in [7, 11) is 1.63. The Bertz CT molecular complexity index is 1320. The number of hydrogen-bond donors (Lipinski definition) is 1. The molecule has 0 bridgehead atoms. The van der Waals surface area contributed by atoms with Gasteiger partial charge in [-0.15, -0.1) is 0 Å². The van der Waals surface area contributed by atoms with Gasteiger partial charge in [0, 0.05) is 11.8 Å². The van der Waals surface area contributed by atoms with Crippen LogP contribution >= 0.6 is 0 Å². The van der Waals surface area contributed by atoms with Crippen molar-refractivity contribution in [2.75, 3.05) is 12.4 Å². The standard InChI is InChI=1S/C26H23IN5O/c1-17-8-20(4-6-27-11-17)25-21(12-28)9-19(13-31-25)14-32-26-18(2)24(5-7-30-26)22-10-23(33-3)16-29-15-22/h4-11,13,15-16H,14H2,1-3H3,(H,30,32)/q-1. The Morgan fingerprint density at radius 3 is 2.85 bits per heavy atom. The number of hydrogen-bond acceptors (Lipinski definition) is 6. The summed E-state index contributed by atoms with van der Waals surface area (Å²) in [6, 6.07) is 8.13. The van der Waals surface area contributed by atoms with Crippen molar-refractivity contribution >= 4 is 11.4 Å². The van der Waals surface area contributed by atoms with Gasteiger partial charge in [-0.2, -0.15) is 0 Å². The van der Waals surface area contributed by atoms with Crippen molar-refractivity contribution in [3.05, 3.63) is 91.3 Å². The van der Waals surface area contributed by atoms with Crippen LogP contribution in [0.3, 0.4) is 0 Å². The van der Waals surface area contributed by atoms with Crippen LogP contribution in [0.5, 0.6) is 5.75 Å². The van der Waals surface area contributed by atoms with Crippen molar-refractivity contribution < 1.29 is 25.9 Å². The van der Waals surface area contributed by atoms with Crippen molar-refractivity contribution in [1.82, 2.24) is 15.0 Å². The van der Waals surface area contributed by atoms with E-state index >= 15 is 0 Å². The first-order chi connectivity index (χ1) is 16.1. The first-order valence-electron chi connectivity index (χ1n) is 10.3. The molecule has 1 aliphatic rings. The number of methoxy groups -OCH3 is 1. The second-order valence-corrected chi connectivity index (χ2v) is 9.58. The smallest absolute Gasteiger partial charge is 0.00894 e. The minimum atomic E-state index is -0.0847. The Kier molecular flexibility index (Phi) is 7.15. The summed E-state index contributed by atoms with van der Waals surface area (Å²) in [5.41, 5.74) is 7.41. The third-order valence-corrected chi connectivity index (χ3v) is 7.31. The van der Waals surface area contributed by atoms with Gasteiger partial charge in [0.2, 0.25) is 0 Å². The van der Waals surface area contributed by atoms with Gasteiger partial charge in [-0.3, -0.25) is 4.98 Å². The van der Waals surface area contributed by atoms with Crippen LogP contribution in [0.25, 0.3) is 16.7 Å². The third-order valence-electron chi connectivity index (χ3n) is 5.20. The molecule has 0 fully saturated rings. The van der Waals surface area contributed by atoms with E-state index in [-0.39, 0.29) is 21.2 Å². The van der Waals surface area contributed by atoms with Gasteiger partial charge in [0.25, 0.3) is 0 Å². The first-order valence-corrected chi connectivity index (χ1v) is 12.8. The van der Waals surface area contributed by atoms with Crippen LogP contribution in [-0.2, 0) is 6.54 Å². The van der Waals surface area contributed by atoms with Crippen LogP contribution in [0.2, 0.25) is 0 Å². The van der Waals surface area contributed by atoms with E-state index < -0.39 is 0 Å². The average molecular weight is 548 g/mol. The monoisotopic (exact) mass is 548 g/mol. The summed E-state index contributed by atoms with van der Waals surface area (Å²) < 4.78 is 9.76. The summed E-state index contributed by atoms with van der Waals surface area (Å²) in [4.78, 5) is 13.4. The molecule has 7 heteroatoms. The van der Waals surface area contributed by atoms with Crippen LogP contribution in [0.15, 0.2) is 68.9 Å². The van der Waals surface area contributed by atoms with E-state index in [4.69, 9.17) is 4.74 Å². The third kappa shape index (κ3) is 5.29. The fourth-order valence-electron chi connectivity index (χ4n) is 3.52. The molecule has 0 saturated heterocycles. The molecule has 4 rings (SSSR count). The maximum absolute atomic E-state index is 9.75. The molecule has 0 radical (unpaired) electrons. The SMILES string of the molecule is COc1cncc(-c2ccnc(NCc3cnc(C4=CC(C)=C[I-]C=C4)c(C#N)c3)c2C)c1. The summed E-state index contributed by atoms with van der Waals surface area (Å²) in [5, 5.41) is 13.1. The first kappa shape index (κ1) is 22.7. The molecule has 0 amide bonds. The normalized spacial score (nSPS) is 13.2. The molecule has 3 aromatic heterocycles. The second kappa shape index (κ2) is 10.4. The molecule has 0 aliphatic carbocycles.